The Morgan fingerprint density at radius 1 is 1.19 bits per heavy atom. The molecule has 1 aromatic carbocycles. The summed E-state index contributed by atoms with van der Waals surface area (Å²) in [6.45, 7) is 6.88. The molecule has 0 saturated heterocycles. The highest BCUT2D eigenvalue weighted by molar-refractivity contribution is 5.21. The van der Waals surface area contributed by atoms with Crippen molar-refractivity contribution in [3.05, 3.63) is 35.4 Å². The zero-order valence-corrected chi connectivity index (χ0v) is 10.7. The minimum Gasteiger partial charge on any atom is -0.396 e. The van der Waals surface area contributed by atoms with E-state index in [-0.39, 0.29) is 0 Å². The van der Waals surface area contributed by atoms with Crippen LogP contribution in [-0.2, 0) is 6.42 Å². The fourth-order valence-electron chi connectivity index (χ4n) is 2.02. The van der Waals surface area contributed by atoms with E-state index in [2.05, 4.69) is 45.0 Å². The van der Waals surface area contributed by atoms with E-state index in [9.17, 15) is 5.11 Å². The summed E-state index contributed by atoms with van der Waals surface area (Å²) in [5, 5.41) is 9.39. The van der Waals surface area contributed by atoms with Gasteiger partial charge in [-0.25, -0.2) is 0 Å². The number of rotatable bonds is 6. The number of aryl methyl sites for hydroxylation is 1. The average molecular weight is 220 g/mol. The standard InChI is InChI=1S/C15H24O/c1-4-12(2)9-15(11-16)10-14-7-5-13(3)6-8-14/h5-8,12,15-16H,4,9-11H2,1-3H3. The molecular formula is C15H24O. The zero-order chi connectivity index (χ0) is 12.0. The minimum absolute atomic E-state index is 0.304. The quantitative estimate of drug-likeness (QED) is 0.777. The third-order valence-electron chi connectivity index (χ3n) is 3.34. The summed E-state index contributed by atoms with van der Waals surface area (Å²) in [5.74, 6) is 1.13. The fraction of sp³-hybridized carbons (Fsp3) is 0.600. The van der Waals surface area contributed by atoms with Gasteiger partial charge in [0.05, 0.1) is 0 Å². The first-order valence-corrected chi connectivity index (χ1v) is 6.32. The lowest BCUT2D eigenvalue weighted by molar-refractivity contribution is 0.201. The summed E-state index contributed by atoms with van der Waals surface area (Å²) in [7, 11) is 0. The van der Waals surface area contributed by atoms with Crippen LogP contribution in [0.2, 0.25) is 0 Å². The van der Waals surface area contributed by atoms with E-state index in [4.69, 9.17) is 0 Å². The third-order valence-corrected chi connectivity index (χ3v) is 3.34. The van der Waals surface area contributed by atoms with E-state index in [0.29, 0.717) is 18.4 Å². The van der Waals surface area contributed by atoms with Crippen molar-refractivity contribution in [1.29, 1.82) is 0 Å². The normalized spacial score (nSPS) is 14.8. The van der Waals surface area contributed by atoms with Crippen molar-refractivity contribution in [2.75, 3.05) is 6.61 Å². The molecule has 0 radical (unpaired) electrons. The molecule has 0 heterocycles. The molecule has 0 bridgehead atoms. The maximum absolute atomic E-state index is 9.39. The van der Waals surface area contributed by atoms with Crippen molar-refractivity contribution < 1.29 is 5.11 Å². The van der Waals surface area contributed by atoms with Crippen LogP contribution >= 0.6 is 0 Å². The molecule has 16 heavy (non-hydrogen) atoms. The molecule has 0 aliphatic carbocycles. The number of aliphatic hydroxyl groups is 1. The molecule has 2 atom stereocenters. The molecule has 90 valence electrons. The molecule has 1 nitrogen and oxygen atoms in total. The second-order valence-corrected chi connectivity index (χ2v) is 4.99. The van der Waals surface area contributed by atoms with Crippen molar-refractivity contribution in [3.8, 4) is 0 Å². The summed E-state index contributed by atoms with van der Waals surface area (Å²) < 4.78 is 0. The Hall–Kier alpha value is -0.820. The lowest BCUT2D eigenvalue weighted by Crippen LogP contribution is -2.13. The van der Waals surface area contributed by atoms with Gasteiger partial charge in [-0.15, -0.1) is 0 Å². The minimum atomic E-state index is 0.304. The molecule has 1 rings (SSSR count). The first-order chi connectivity index (χ1) is 7.65. The summed E-state index contributed by atoms with van der Waals surface area (Å²) in [6, 6.07) is 8.64. The van der Waals surface area contributed by atoms with Crippen molar-refractivity contribution in [2.24, 2.45) is 11.8 Å². The van der Waals surface area contributed by atoms with E-state index in [1.807, 2.05) is 0 Å². The van der Waals surface area contributed by atoms with Gasteiger partial charge in [0.1, 0.15) is 0 Å². The maximum atomic E-state index is 9.39. The number of aliphatic hydroxyl groups excluding tert-OH is 1. The first-order valence-electron chi connectivity index (χ1n) is 6.32. The third kappa shape index (κ3) is 4.36. The molecule has 0 aliphatic rings. The Kier molecular flexibility index (Phi) is 5.54. The lowest BCUT2D eigenvalue weighted by Gasteiger charge is -2.18. The topological polar surface area (TPSA) is 20.2 Å². The second-order valence-electron chi connectivity index (χ2n) is 4.99. The molecule has 1 aromatic rings. The zero-order valence-electron chi connectivity index (χ0n) is 10.7. The van der Waals surface area contributed by atoms with Crippen LogP contribution in [0.1, 0.15) is 37.8 Å². The maximum Gasteiger partial charge on any atom is 0.0462 e. The van der Waals surface area contributed by atoms with E-state index in [0.717, 1.165) is 12.8 Å². The van der Waals surface area contributed by atoms with Crippen LogP contribution in [0, 0.1) is 18.8 Å². The molecule has 1 N–H and O–H groups in total. The average Bonchev–Trinajstić information content (AvgIpc) is 2.30. The van der Waals surface area contributed by atoms with Crippen LogP contribution < -0.4 is 0 Å². The van der Waals surface area contributed by atoms with Gasteiger partial charge in [0.15, 0.2) is 0 Å². The predicted molar refractivity (Wildman–Crippen MR) is 69.5 cm³/mol. The predicted octanol–water partition coefficient (Wildman–Crippen LogP) is 3.58. The van der Waals surface area contributed by atoms with E-state index in [1.54, 1.807) is 0 Å². The molecular weight excluding hydrogens is 196 g/mol. The second kappa shape index (κ2) is 6.70. The lowest BCUT2D eigenvalue weighted by atomic mass is 9.89. The van der Waals surface area contributed by atoms with Crippen LogP contribution in [-0.4, -0.2) is 11.7 Å². The van der Waals surface area contributed by atoms with Gasteiger partial charge in [-0.05, 0) is 37.2 Å². The molecule has 0 fully saturated rings. The van der Waals surface area contributed by atoms with E-state index < -0.39 is 0 Å². The summed E-state index contributed by atoms with van der Waals surface area (Å²) in [6.07, 6.45) is 3.33. The van der Waals surface area contributed by atoms with Crippen LogP contribution in [0.3, 0.4) is 0 Å². The van der Waals surface area contributed by atoms with Gasteiger partial charge in [-0.1, -0.05) is 50.1 Å². The Morgan fingerprint density at radius 2 is 1.81 bits per heavy atom. The van der Waals surface area contributed by atoms with E-state index >= 15 is 0 Å². The largest absolute Gasteiger partial charge is 0.396 e. The molecule has 0 spiro atoms. The van der Waals surface area contributed by atoms with Gasteiger partial charge >= 0.3 is 0 Å². The molecule has 0 aromatic heterocycles. The Morgan fingerprint density at radius 3 is 2.31 bits per heavy atom. The van der Waals surface area contributed by atoms with E-state index in [1.165, 1.54) is 17.5 Å². The smallest absolute Gasteiger partial charge is 0.0462 e. The van der Waals surface area contributed by atoms with Gasteiger partial charge < -0.3 is 5.11 Å². The van der Waals surface area contributed by atoms with Crippen molar-refractivity contribution in [1.82, 2.24) is 0 Å². The van der Waals surface area contributed by atoms with Gasteiger partial charge in [0.2, 0.25) is 0 Å². The van der Waals surface area contributed by atoms with Crippen molar-refractivity contribution in [3.63, 3.8) is 0 Å². The molecule has 0 saturated carbocycles. The van der Waals surface area contributed by atoms with Crippen LogP contribution in [0.4, 0.5) is 0 Å². The summed E-state index contributed by atoms with van der Waals surface area (Å²) >= 11 is 0. The fourth-order valence-corrected chi connectivity index (χ4v) is 2.02. The monoisotopic (exact) mass is 220 g/mol. The summed E-state index contributed by atoms with van der Waals surface area (Å²) in [4.78, 5) is 0. The number of benzene rings is 1. The summed E-state index contributed by atoms with van der Waals surface area (Å²) in [5.41, 5.74) is 2.64. The van der Waals surface area contributed by atoms with Crippen molar-refractivity contribution >= 4 is 0 Å². The molecule has 1 heteroatoms. The van der Waals surface area contributed by atoms with Crippen LogP contribution in [0.15, 0.2) is 24.3 Å². The highest BCUT2D eigenvalue weighted by Crippen LogP contribution is 2.19. The van der Waals surface area contributed by atoms with Gasteiger partial charge in [0.25, 0.3) is 0 Å². The Labute approximate surface area is 99.5 Å². The highest BCUT2D eigenvalue weighted by atomic mass is 16.3. The molecule has 0 aliphatic heterocycles. The van der Waals surface area contributed by atoms with Crippen molar-refractivity contribution in [2.45, 2.75) is 40.0 Å². The SMILES string of the molecule is CCC(C)CC(CO)Cc1ccc(C)cc1. The number of hydrogen-bond donors (Lipinski definition) is 1. The van der Waals surface area contributed by atoms with Gasteiger partial charge in [-0.2, -0.15) is 0 Å². The van der Waals surface area contributed by atoms with Crippen LogP contribution in [0.5, 0.6) is 0 Å². The highest BCUT2D eigenvalue weighted by Gasteiger charge is 2.12. The number of hydrogen-bond acceptors (Lipinski definition) is 1. The van der Waals surface area contributed by atoms with Crippen LogP contribution in [0.25, 0.3) is 0 Å². The molecule has 2 unspecified atom stereocenters. The Bertz CT molecular complexity index is 289. The van der Waals surface area contributed by atoms with Gasteiger partial charge in [0, 0.05) is 6.61 Å². The Balaban J connectivity index is 2.52. The van der Waals surface area contributed by atoms with Gasteiger partial charge in [-0.3, -0.25) is 0 Å². The first kappa shape index (κ1) is 13.2. The molecule has 0 amide bonds.